The van der Waals surface area contributed by atoms with Gasteiger partial charge in [-0.15, -0.1) is 0 Å². The van der Waals surface area contributed by atoms with E-state index in [0.717, 1.165) is 33.6 Å². The molecule has 4 rings (SSSR count). The standard InChI is InChI=1S/C22H21N3O2S/c1-15-5-4-6-19(11-15)28(26,27)24-20-13-18(8-7-17(20)3)21-14-25-10-9-16(2)12-22(25)23-21/h4-14,24H,1-3H3. The van der Waals surface area contributed by atoms with E-state index in [4.69, 9.17) is 0 Å². The Morgan fingerprint density at radius 3 is 2.50 bits per heavy atom. The van der Waals surface area contributed by atoms with E-state index in [0.29, 0.717) is 5.69 Å². The molecule has 0 amide bonds. The number of fused-ring (bicyclic) bond motifs is 1. The summed E-state index contributed by atoms with van der Waals surface area (Å²) in [4.78, 5) is 4.92. The predicted octanol–water partition coefficient (Wildman–Crippen LogP) is 4.73. The second-order valence-electron chi connectivity index (χ2n) is 7.05. The molecular formula is C22H21N3O2S. The molecule has 0 atom stereocenters. The number of benzene rings is 2. The SMILES string of the molecule is Cc1cccc(S(=O)(=O)Nc2cc(-c3cn4ccc(C)cc4n3)ccc2C)c1. The van der Waals surface area contributed by atoms with Crippen LogP contribution in [-0.4, -0.2) is 17.8 Å². The van der Waals surface area contributed by atoms with Gasteiger partial charge in [-0.1, -0.05) is 24.3 Å². The first-order valence-corrected chi connectivity index (χ1v) is 10.5. The fourth-order valence-electron chi connectivity index (χ4n) is 3.10. The van der Waals surface area contributed by atoms with Crippen molar-refractivity contribution in [3.63, 3.8) is 0 Å². The lowest BCUT2D eigenvalue weighted by Gasteiger charge is -2.12. The van der Waals surface area contributed by atoms with Crippen molar-refractivity contribution in [3.8, 4) is 11.3 Å². The summed E-state index contributed by atoms with van der Waals surface area (Å²) in [7, 11) is -3.66. The lowest BCUT2D eigenvalue weighted by molar-refractivity contribution is 0.601. The zero-order valence-electron chi connectivity index (χ0n) is 16.0. The van der Waals surface area contributed by atoms with Crippen LogP contribution in [0.2, 0.25) is 0 Å². The molecule has 6 heteroatoms. The van der Waals surface area contributed by atoms with Gasteiger partial charge in [-0.3, -0.25) is 4.72 Å². The van der Waals surface area contributed by atoms with Crippen molar-refractivity contribution < 1.29 is 8.42 Å². The molecule has 0 bridgehead atoms. The highest BCUT2D eigenvalue weighted by Gasteiger charge is 2.16. The normalized spacial score (nSPS) is 11.7. The molecule has 0 unspecified atom stereocenters. The summed E-state index contributed by atoms with van der Waals surface area (Å²) in [6.45, 7) is 5.78. The number of aromatic nitrogens is 2. The van der Waals surface area contributed by atoms with Crippen molar-refractivity contribution in [1.29, 1.82) is 0 Å². The van der Waals surface area contributed by atoms with Crippen LogP contribution in [0.25, 0.3) is 16.9 Å². The summed E-state index contributed by atoms with van der Waals surface area (Å²) in [6.07, 6.45) is 3.91. The van der Waals surface area contributed by atoms with E-state index in [9.17, 15) is 8.42 Å². The smallest absolute Gasteiger partial charge is 0.261 e. The Morgan fingerprint density at radius 2 is 1.71 bits per heavy atom. The van der Waals surface area contributed by atoms with Gasteiger partial charge in [-0.2, -0.15) is 0 Å². The molecule has 2 aromatic heterocycles. The molecule has 0 fully saturated rings. The number of nitrogens with one attached hydrogen (secondary N) is 1. The van der Waals surface area contributed by atoms with Crippen molar-refractivity contribution in [3.05, 3.63) is 83.7 Å². The van der Waals surface area contributed by atoms with Crippen LogP contribution < -0.4 is 4.72 Å². The second kappa shape index (κ2) is 6.80. The zero-order valence-corrected chi connectivity index (χ0v) is 16.8. The second-order valence-corrected chi connectivity index (χ2v) is 8.73. The Labute approximate surface area is 164 Å². The molecule has 0 saturated heterocycles. The first kappa shape index (κ1) is 18.3. The first-order chi connectivity index (χ1) is 13.3. The highest BCUT2D eigenvalue weighted by Crippen LogP contribution is 2.27. The minimum atomic E-state index is -3.66. The molecule has 28 heavy (non-hydrogen) atoms. The number of imidazole rings is 1. The van der Waals surface area contributed by atoms with Gasteiger partial charge in [0, 0.05) is 18.0 Å². The fourth-order valence-corrected chi connectivity index (χ4v) is 4.33. The minimum Gasteiger partial charge on any atom is -0.306 e. The van der Waals surface area contributed by atoms with Gasteiger partial charge < -0.3 is 4.40 Å². The molecule has 4 aromatic rings. The average molecular weight is 391 g/mol. The Morgan fingerprint density at radius 1 is 0.929 bits per heavy atom. The quantitative estimate of drug-likeness (QED) is 0.547. The monoisotopic (exact) mass is 391 g/mol. The molecule has 2 aromatic carbocycles. The van der Waals surface area contributed by atoms with E-state index in [1.165, 1.54) is 0 Å². The summed E-state index contributed by atoms with van der Waals surface area (Å²) in [5, 5.41) is 0. The Kier molecular flexibility index (Phi) is 4.43. The number of sulfonamides is 1. The number of anilines is 1. The topological polar surface area (TPSA) is 63.5 Å². The van der Waals surface area contributed by atoms with Crippen molar-refractivity contribution >= 4 is 21.4 Å². The van der Waals surface area contributed by atoms with E-state index in [1.54, 1.807) is 18.2 Å². The summed E-state index contributed by atoms with van der Waals surface area (Å²) in [5.74, 6) is 0. The number of nitrogens with zero attached hydrogens (tertiary/aromatic N) is 2. The van der Waals surface area contributed by atoms with Crippen molar-refractivity contribution in [2.45, 2.75) is 25.7 Å². The molecule has 0 aliphatic rings. The molecule has 142 valence electrons. The van der Waals surface area contributed by atoms with Gasteiger partial charge >= 0.3 is 0 Å². The molecule has 0 aliphatic heterocycles. The van der Waals surface area contributed by atoms with Gasteiger partial charge in [0.2, 0.25) is 0 Å². The van der Waals surface area contributed by atoms with E-state index in [2.05, 4.69) is 9.71 Å². The summed E-state index contributed by atoms with van der Waals surface area (Å²) in [5.41, 5.74) is 5.94. The molecule has 2 heterocycles. The van der Waals surface area contributed by atoms with Gasteiger partial charge in [-0.05, 0) is 67.8 Å². The highest BCUT2D eigenvalue weighted by atomic mass is 32.2. The fraction of sp³-hybridized carbons (Fsp3) is 0.136. The largest absolute Gasteiger partial charge is 0.306 e. The maximum absolute atomic E-state index is 12.8. The van der Waals surface area contributed by atoms with Gasteiger partial charge in [0.25, 0.3) is 10.0 Å². The lowest BCUT2D eigenvalue weighted by atomic mass is 10.1. The van der Waals surface area contributed by atoms with E-state index < -0.39 is 10.0 Å². The summed E-state index contributed by atoms with van der Waals surface area (Å²) in [6, 6.07) is 16.6. The van der Waals surface area contributed by atoms with E-state index in [-0.39, 0.29) is 4.90 Å². The van der Waals surface area contributed by atoms with E-state index >= 15 is 0 Å². The van der Waals surface area contributed by atoms with Crippen LogP contribution in [0.5, 0.6) is 0 Å². The van der Waals surface area contributed by atoms with Crippen LogP contribution in [0.3, 0.4) is 0 Å². The molecule has 1 N–H and O–H groups in total. The van der Waals surface area contributed by atoms with Crippen LogP contribution in [0, 0.1) is 20.8 Å². The molecule has 0 saturated carbocycles. The highest BCUT2D eigenvalue weighted by molar-refractivity contribution is 7.92. The van der Waals surface area contributed by atoms with Gasteiger partial charge in [0.1, 0.15) is 5.65 Å². The van der Waals surface area contributed by atoms with Crippen LogP contribution in [0.4, 0.5) is 5.69 Å². The maximum Gasteiger partial charge on any atom is 0.261 e. The van der Waals surface area contributed by atoms with Crippen LogP contribution in [0.15, 0.2) is 71.9 Å². The van der Waals surface area contributed by atoms with Crippen LogP contribution in [-0.2, 0) is 10.0 Å². The molecule has 0 aliphatic carbocycles. The third kappa shape index (κ3) is 3.51. The lowest BCUT2D eigenvalue weighted by Crippen LogP contribution is -2.14. The maximum atomic E-state index is 12.8. The Bertz CT molecular complexity index is 1290. The van der Waals surface area contributed by atoms with Crippen molar-refractivity contribution in [2.75, 3.05) is 4.72 Å². The van der Waals surface area contributed by atoms with Gasteiger partial charge in [0.15, 0.2) is 0 Å². The van der Waals surface area contributed by atoms with Gasteiger partial charge in [-0.25, -0.2) is 13.4 Å². The van der Waals surface area contributed by atoms with Crippen molar-refractivity contribution in [1.82, 2.24) is 9.38 Å². The Balaban J connectivity index is 1.72. The zero-order chi connectivity index (χ0) is 19.9. The first-order valence-electron chi connectivity index (χ1n) is 8.98. The number of hydrogen-bond acceptors (Lipinski definition) is 3. The minimum absolute atomic E-state index is 0.250. The number of hydrogen-bond donors (Lipinski definition) is 1. The molecular weight excluding hydrogens is 370 g/mol. The third-order valence-corrected chi connectivity index (χ3v) is 6.06. The van der Waals surface area contributed by atoms with E-state index in [1.807, 2.05) is 74.0 Å². The average Bonchev–Trinajstić information content (AvgIpc) is 3.06. The molecule has 5 nitrogen and oxygen atoms in total. The molecule has 0 spiro atoms. The number of pyridine rings is 1. The predicted molar refractivity (Wildman–Crippen MR) is 112 cm³/mol. The number of rotatable bonds is 4. The van der Waals surface area contributed by atoms with Crippen LogP contribution in [0.1, 0.15) is 16.7 Å². The third-order valence-electron chi connectivity index (χ3n) is 4.69. The van der Waals surface area contributed by atoms with Crippen molar-refractivity contribution in [2.24, 2.45) is 0 Å². The summed E-state index contributed by atoms with van der Waals surface area (Å²) < 4.78 is 30.3. The van der Waals surface area contributed by atoms with Crippen LogP contribution >= 0.6 is 0 Å². The Hall–Kier alpha value is -3.12. The summed E-state index contributed by atoms with van der Waals surface area (Å²) >= 11 is 0. The van der Waals surface area contributed by atoms with Gasteiger partial charge in [0.05, 0.1) is 16.3 Å². The molecule has 0 radical (unpaired) electrons. The number of aryl methyl sites for hydroxylation is 3.